The molecule has 0 spiro atoms. The molecule has 0 atom stereocenters. The standard InChI is InChI=1S/C17H17NO2/c1-18(20-2)17(19)13-16(14-9-5-3-6-10-14)15-11-7-4-8-12-15/h3-13H,1-2H3. The first-order chi connectivity index (χ1) is 9.72. The predicted molar refractivity (Wildman–Crippen MR) is 79.7 cm³/mol. The van der Waals surface area contributed by atoms with Crippen molar-refractivity contribution in [2.45, 2.75) is 0 Å². The zero-order chi connectivity index (χ0) is 14.4. The van der Waals surface area contributed by atoms with Crippen molar-refractivity contribution in [3.05, 3.63) is 77.9 Å². The average molecular weight is 267 g/mol. The largest absolute Gasteiger partial charge is 0.274 e. The predicted octanol–water partition coefficient (Wildman–Crippen LogP) is 3.14. The molecule has 0 aliphatic rings. The van der Waals surface area contributed by atoms with Gasteiger partial charge in [-0.1, -0.05) is 60.7 Å². The van der Waals surface area contributed by atoms with E-state index >= 15 is 0 Å². The second-order valence-electron chi connectivity index (χ2n) is 4.31. The molecule has 3 nitrogen and oxygen atoms in total. The second kappa shape index (κ2) is 6.68. The van der Waals surface area contributed by atoms with E-state index in [0.29, 0.717) is 0 Å². The lowest BCUT2D eigenvalue weighted by Crippen LogP contribution is -2.23. The van der Waals surface area contributed by atoms with Crippen LogP contribution in [0.2, 0.25) is 0 Å². The Bertz CT molecular complexity index is 549. The van der Waals surface area contributed by atoms with E-state index in [1.807, 2.05) is 60.7 Å². The van der Waals surface area contributed by atoms with Gasteiger partial charge in [0.1, 0.15) is 0 Å². The topological polar surface area (TPSA) is 29.5 Å². The summed E-state index contributed by atoms with van der Waals surface area (Å²) in [5.74, 6) is -0.199. The van der Waals surface area contributed by atoms with Gasteiger partial charge in [0.2, 0.25) is 0 Å². The minimum atomic E-state index is -0.199. The van der Waals surface area contributed by atoms with Gasteiger partial charge in [0, 0.05) is 13.1 Å². The summed E-state index contributed by atoms with van der Waals surface area (Å²) in [5, 5.41) is 1.20. The summed E-state index contributed by atoms with van der Waals surface area (Å²) in [6.07, 6.45) is 1.59. The summed E-state index contributed by atoms with van der Waals surface area (Å²) in [4.78, 5) is 17.0. The Morgan fingerprint density at radius 1 is 0.950 bits per heavy atom. The Hall–Kier alpha value is -2.39. The minimum Gasteiger partial charge on any atom is -0.274 e. The van der Waals surface area contributed by atoms with E-state index in [4.69, 9.17) is 4.84 Å². The number of hydroxylamine groups is 2. The van der Waals surface area contributed by atoms with E-state index in [0.717, 1.165) is 16.7 Å². The maximum absolute atomic E-state index is 12.1. The highest BCUT2D eigenvalue weighted by Crippen LogP contribution is 2.23. The van der Waals surface area contributed by atoms with Crippen molar-refractivity contribution >= 4 is 11.5 Å². The van der Waals surface area contributed by atoms with Crippen molar-refractivity contribution in [3.8, 4) is 0 Å². The number of hydrogen-bond donors (Lipinski definition) is 0. The molecule has 1 amide bonds. The third kappa shape index (κ3) is 3.33. The van der Waals surface area contributed by atoms with E-state index < -0.39 is 0 Å². The molecule has 0 aromatic heterocycles. The Morgan fingerprint density at radius 3 is 1.80 bits per heavy atom. The van der Waals surface area contributed by atoms with Gasteiger partial charge in [0.25, 0.3) is 5.91 Å². The Labute approximate surface area is 119 Å². The molecule has 2 aromatic rings. The summed E-state index contributed by atoms with van der Waals surface area (Å²) in [6, 6.07) is 19.7. The van der Waals surface area contributed by atoms with Gasteiger partial charge in [-0.05, 0) is 16.7 Å². The van der Waals surface area contributed by atoms with E-state index in [9.17, 15) is 4.79 Å². The molecule has 0 unspecified atom stereocenters. The van der Waals surface area contributed by atoms with Gasteiger partial charge in [-0.3, -0.25) is 9.63 Å². The summed E-state index contributed by atoms with van der Waals surface area (Å²) in [6.45, 7) is 0. The SMILES string of the molecule is CON(C)C(=O)C=C(c1ccccc1)c1ccccc1. The molecule has 20 heavy (non-hydrogen) atoms. The highest BCUT2D eigenvalue weighted by molar-refractivity contribution is 5.98. The normalized spacial score (nSPS) is 9.90. The fraction of sp³-hybridized carbons (Fsp3) is 0.118. The number of nitrogens with zero attached hydrogens (tertiary/aromatic N) is 1. The van der Waals surface area contributed by atoms with Gasteiger partial charge < -0.3 is 0 Å². The Kier molecular flexibility index (Phi) is 4.69. The monoisotopic (exact) mass is 267 g/mol. The maximum Gasteiger partial charge on any atom is 0.270 e. The summed E-state index contributed by atoms with van der Waals surface area (Å²) >= 11 is 0. The van der Waals surface area contributed by atoms with Crippen LogP contribution in [0, 0.1) is 0 Å². The lowest BCUT2D eigenvalue weighted by atomic mass is 9.97. The van der Waals surface area contributed by atoms with Crippen molar-refractivity contribution in [3.63, 3.8) is 0 Å². The van der Waals surface area contributed by atoms with Crippen LogP contribution in [-0.2, 0) is 9.63 Å². The molecule has 0 aliphatic heterocycles. The smallest absolute Gasteiger partial charge is 0.270 e. The first-order valence-electron chi connectivity index (χ1n) is 6.36. The van der Waals surface area contributed by atoms with Crippen molar-refractivity contribution < 1.29 is 9.63 Å². The van der Waals surface area contributed by atoms with E-state index in [1.165, 1.54) is 12.2 Å². The zero-order valence-electron chi connectivity index (χ0n) is 11.6. The lowest BCUT2D eigenvalue weighted by Gasteiger charge is -2.13. The first kappa shape index (κ1) is 14.0. The highest BCUT2D eigenvalue weighted by atomic mass is 16.7. The molecule has 0 radical (unpaired) electrons. The van der Waals surface area contributed by atoms with Crippen molar-refractivity contribution in [1.82, 2.24) is 5.06 Å². The van der Waals surface area contributed by atoms with Crippen LogP contribution in [0.15, 0.2) is 66.7 Å². The van der Waals surface area contributed by atoms with Crippen LogP contribution in [0.4, 0.5) is 0 Å². The van der Waals surface area contributed by atoms with Crippen LogP contribution in [0.1, 0.15) is 11.1 Å². The third-order valence-electron chi connectivity index (χ3n) is 3.02. The molecule has 2 aromatic carbocycles. The number of rotatable bonds is 4. The molecule has 0 saturated heterocycles. The van der Waals surface area contributed by atoms with Crippen molar-refractivity contribution in [2.24, 2.45) is 0 Å². The number of benzene rings is 2. The van der Waals surface area contributed by atoms with Crippen LogP contribution in [0.25, 0.3) is 5.57 Å². The van der Waals surface area contributed by atoms with Gasteiger partial charge >= 0.3 is 0 Å². The molecule has 0 bridgehead atoms. The van der Waals surface area contributed by atoms with Gasteiger partial charge in [-0.25, -0.2) is 5.06 Å². The van der Waals surface area contributed by atoms with Crippen LogP contribution in [0.3, 0.4) is 0 Å². The zero-order valence-corrected chi connectivity index (χ0v) is 11.6. The summed E-state index contributed by atoms with van der Waals surface area (Å²) < 4.78 is 0. The minimum absolute atomic E-state index is 0.199. The van der Waals surface area contributed by atoms with Crippen molar-refractivity contribution in [1.29, 1.82) is 0 Å². The van der Waals surface area contributed by atoms with E-state index in [2.05, 4.69) is 0 Å². The molecule has 102 valence electrons. The Morgan fingerprint density at radius 2 is 1.40 bits per heavy atom. The third-order valence-corrected chi connectivity index (χ3v) is 3.02. The summed E-state index contributed by atoms with van der Waals surface area (Å²) in [5.41, 5.74) is 2.87. The van der Waals surface area contributed by atoms with Crippen LogP contribution in [-0.4, -0.2) is 25.1 Å². The Balaban J connectivity index is 2.46. The molecule has 0 saturated carbocycles. The number of carbonyl (C=O) groups excluding carboxylic acids is 1. The van der Waals surface area contributed by atoms with Crippen LogP contribution < -0.4 is 0 Å². The molecule has 0 aliphatic carbocycles. The average Bonchev–Trinajstić information content (AvgIpc) is 2.53. The maximum atomic E-state index is 12.1. The van der Waals surface area contributed by atoms with Crippen molar-refractivity contribution in [2.75, 3.05) is 14.2 Å². The lowest BCUT2D eigenvalue weighted by molar-refractivity contribution is -0.162. The number of carbonyl (C=O) groups is 1. The number of amides is 1. The fourth-order valence-corrected chi connectivity index (χ4v) is 1.87. The molecule has 3 heteroatoms. The number of hydrogen-bond acceptors (Lipinski definition) is 2. The van der Waals surface area contributed by atoms with E-state index in [1.54, 1.807) is 13.1 Å². The number of likely N-dealkylation sites (N-methyl/N-ethyl adjacent to an activating group) is 1. The molecule has 0 fully saturated rings. The molecular formula is C17H17NO2. The van der Waals surface area contributed by atoms with Gasteiger partial charge in [0.15, 0.2) is 0 Å². The second-order valence-corrected chi connectivity index (χ2v) is 4.31. The molecular weight excluding hydrogens is 250 g/mol. The summed E-state index contributed by atoms with van der Waals surface area (Å²) in [7, 11) is 3.06. The van der Waals surface area contributed by atoms with Crippen LogP contribution >= 0.6 is 0 Å². The molecule has 0 heterocycles. The highest BCUT2D eigenvalue weighted by Gasteiger charge is 2.10. The molecule has 0 N–H and O–H groups in total. The van der Waals surface area contributed by atoms with E-state index in [-0.39, 0.29) is 5.91 Å². The van der Waals surface area contributed by atoms with Gasteiger partial charge in [0.05, 0.1) is 7.11 Å². The van der Waals surface area contributed by atoms with Crippen LogP contribution in [0.5, 0.6) is 0 Å². The fourth-order valence-electron chi connectivity index (χ4n) is 1.87. The molecule has 2 rings (SSSR count). The van der Waals surface area contributed by atoms with Gasteiger partial charge in [-0.2, -0.15) is 0 Å². The first-order valence-corrected chi connectivity index (χ1v) is 6.36. The van der Waals surface area contributed by atoms with Gasteiger partial charge in [-0.15, -0.1) is 0 Å². The quantitative estimate of drug-likeness (QED) is 0.629.